The van der Waals surface area contributed by atoms with Gasteiger partial charge in [-0.25, -0.2) is 14.5 Å². The van der Waals surface area contributed by atoms with E-state index in [9.17, 15) is 29.1 Å². The van der Waals surface area contributed by atoms with Gasteiger partial charge in [-0.2, -0.15) is 0 Å². The second-order valence-electron chi connectivity index (χ2n) is 7.85. The van der Waals surface area contributed by atoms with Crippen molar-refractivity contribution in [3.05, 3.63) is 93.5 Å². The molecule has 0 radical (unpaired) electrons. The van der Waals surface area contributed by atoms with E-state index in [4.69, 9.17) is 27.9 Å². The molecule has 3 aromatic carbocycles. The molecule has 1 aliphatic heterocycles. The van der Waals surface area contributed by atoms with Gasteiger partial charge in [-0.05, 0) is 54.6 Å². The van der Waals surface area contributed by atoms with Crippen LogP contribution in [0, 0.1) is 0 Å². The number of esters is 1. The number of halogens is 2. The second-order valence-corrected chi connectivity index (χ2v) is 9.94. The van der Waals surface area contributed by atoms with Gasteiger partial charge < -0.3 is 9.84 Å². The van der Waals surface area contributed by atoms with Crippen LogP contribution in [0.4, 0.5) is 5.69 Å². The third kappa shape index (κ3) is 5.85. The fourth-order valence-corrected chi connectivity index (χ4v) is 5.31. The maximum absolute atomic E-state index is 13.0. The summed E-state index contributed by atoms with van der Waals surface area (Å²) >= 11 is 12.8. The van der Waals surface area contributed by atoms with Crippen molar-refractivity contribution >= 4 is 70.2 Å². The van der Waals surface area contributed by atoms with Gasteiger partial charge in [0.25, 0.3) is 0 Å². The van der Waals surface area contributed by atoms with Gasteiger partial charge in [-0.3, -0.25) is 14.4 Å². The highest BCUT2D eigenvalue weighted by molar-refractivity contribution is 8.00. The number of aromatic carboxylic acids is 1. The maximum Gasteiger partial charge on any atom is 0.338 e. The molecule has 1 unspecified atom stereocenters. The molecule has 0 spiro atoms. The lowest BCUT2D eigenvalue weighted by Crippen LogP contribution is -2.31. The molecular formula is C26H17Cl2NO7S. The molecule has 188 valence electrons. The van der Waals surface area contributed by atoms with Crippen molar-refractivity contribution in [2.75, 3.05) is 11.5 Å². The number of Topliss-reactive ketones (excluding diaryl/α,β-unsaturated/α-hetero) is 1. The number of carbonyl (C=O) groups is 5. The van der Waals surface area contributed by atoms with Crippen LogP contribution in [-0.4, -0.2) is 46.5 Å². The number of carboxylic acids is 1. The lowest BCUT2D eigenvalue weighted by atomic mass is 10.1. The lowest BCUT2D eigenvalue weighted by molar-refractivity contribution is -0.121. The Labute approximate surface area is 225 Å². The van der Waals surface area contributed by atoms with E-state index in [-0.39, 0.29) is 33.8 Å². The number of hydrogen-bond acceptors (Lipinski definition) is 7. The minimum atomic E-state index is -1.13. The minimum Gasteiger partial charge on any atom is -0.478 e. The summed E-state index contributed by atoms with van der Waals surface area (Å²) in [6.07, 6.45) is -0.101. The molecule has 1 N–H and O–H groups in total. The molecule has 0 aromatic heterocycles. The van der Waals surface area contributed by atoms with E-state index in [0.717, 1.165) is 16.7 Å². The molecule has 2 amide bonds. The van der Waals surface area contributed by atoms with Crippen molar-refractivity contribution in [2.45, 2.75) is 16.6 Å². The molecule has 8 nitrogen and oxygen atoms in total. The molecule has 1 heterocycles. The van der Waals surface area contributed by atoms with Gasteiger partial charge in [0.15, 0.2) is 6.61 Å². The monoisotopic (exact) mass is 557 g/mol. The number of rotatable bonds is 8. The molecule has 3 aromatic rings. The number of nitrogens with zero attached hydrogens (tertiary/aromatic N) is 1. The molecule has 0 saturated carbocycles. The number of amides is 2. The van der Waals surface area contributed by atoms with E-state index in [1.165, 1.54) is 48.5 Å². The zero-order valence-electron chi connectivity index (χ0n) is 18.9. The normalized spacial score (nSPS) is 15.1. The van der Waals surface area contributed by atoms with E-state index in [1.807, 2.05) is 0 Å². The van der Waals surface area contributed by atoms with Crippen molar-refractivity contribution in [3.63, 3.8) is 0 Å². The van der Waals surface area contributed by atoms with Gasteiger partial charge in [0, 0.05) is 21.9 Å². The van der Waals surface area contributed by atoms with Gasteiger partial charge in [0.05, 0.1) is 27.1 Å². The molecule has 1 atom stereocenters. The van der Waals surface area contributed by atoms with E-state index in [1.54, 1.807) is 18.2 Å². The van der Waals surface area contributed by atoms with Crippen molar-refractivity contribution in [2.24, 2.45) is 0 Å². The van der Waals surface area contributed by atoms with Crippen molar-refractivity contribution in [1.82, 2.24) is 0 Å². The van der Waals surface area contributed by atoms with Crippen LogP contribution >= 0.6 is 35.0 Å². The summed E-state index contributed by atoms with van der Waals surface area (Å²) in [4.78, 5) is 63.1. The Morgan fingerprint density at radius 2 is 1.68 bits per heavy atom. The number of ether oxygens (including phenoxy) is 1. The second kappa shape index (κ2) is 11.2. The molecule has 1 aliphatic rings. The standard InChI is InChI=1S/C26H17Cl2NO7S/c27-15-7-10-17(19(28)11-15)20(30)13-36-26(35)14-5-8-16(9-6-14)29-23(31)12-22(24(29)32)37-21-4-2-1-3-18(21)25(33)34/h1-11,22H,12-13H2,(H,33,34). The third-order valence-electron chi connectivity index (χ3n) is 5.42. The molecule has 0 bridgehead atoms. The van der Waals surface area contributed by atoms with E-state index >= 15 is 0 Å². The van der Waals surface area contributed by atoms with Crippen molar-refractivity contribution in [1.29, 1.82) is 0 Å². The van der Waals surface area contributed by atoms with E-state index < -0.39 is 41.4 Å². The maximum atomic E-state index is 13.0. The first-order chi connectivity index (χ1) is 17.7. The quantitative estimate of drug-likeness (QED) is 0.229. The molecule has 1 fully saturated rings. The fourth-order valence-electron chi connectivity index (χ4n) is 3.62. The topological polar surface area (TPSA) is 118 Å². The highest BCUT2D eigenvalue weighted by Crippen LogP contribution is 2.35. The average Bonchev–Trinajstić information content (AvgIpc) is 3.15. The first kappa shape index (κ1) is 26.4. The number of hydrogen-bond donors (Lipinski definition) is 1. The molecule has 1 saturated heterocycles. The highest BCUT2D eigenvalue weighted by Gasteiger charge is 2.40. The van der Waals surface area contributed by atoms with Crippen LogP contribution in [0.5, 0.6) is 0 Å². The fraction of sp³-hybridized carbons (Fsp3) is 0.115. The average molecular weight is 558 g/mol. The SMILES string of the molecule is O=C(OCC(=O)c1ccc(Cl)cc1Cl)c1ccc(N2C(=O)CC(Sc3ccccc3C(=O)O)C2=O)cc1. The van der Waals surface area contributed by atoms with E-state index in [2.05, 4.69) is 0 Å². The molecule has 37 heavy (non-hydrogen) atoms. The Morgan fingerprint density at radius 3 is 2.35 bits per heavy atom. The number of carboxylic acid groups (broad SMARTS) is 1. The zero-order valence-corrected chi connectivity index (χ0v) is 21.2. The Hall–Kier alpha value is -3.66. The van der Waals surface area contributed by atoms with Crippen LogP contribution in [0.15, 0.2) is 71.6 Å². The predicted molar refractivity (Wildman–Crippen MR) is 138 cm³/mol. The Bertz CT molecular complexity index is 1420. The van der Waals surface area contributed by atoms with Gasteiger partial charge in [-0.15, -0.1) is 11.8 Å². The van der Waals surface area contributed by atoms with Crippen LogP contribution in [0.25, 0.3) is 0 Å². The lowest BCUT2D eigenvalue weighted by Gasteiger charge is -2.15. The first-order valence-corrected chi connectivity index (χ1v) is 12.4. The van der Waals surface area contributed by atoms with Crippen LogP contribution < -0.4 is 4.90 Å². The summed E-state index contributed by atoms with van der Waals surface area (Å²) in [5, 5.41) is 9.08. The van der Waals surface area contributed by atoms with Crippen molar-refractivity contribution in [3.8, 4) is 0 Å². The predicted octanol–water partition coefficient (Wildman–Crippen LogP) is 5.16. The number of imide groups is 1. The van der Waals surface area contributed by atoms with Gasteiger partial charge in [0.1, 0.15) is 0 Å². The summed E-state index contributed by atoms with van der Waals surface area (Å²) in [5.74, 6) is -3.35. The summed E-state index contributed by atoms with van der Waals surface area (Å²) in [5.41, 5.74) is 0.578. The smallest absolute Gasteiger partial charge is 0.338 e. The van der Waals surface area contributed by atoms with E-state index in [0.29, 0.717) is 9.92 Å². The minimum absolute atomic E-state index is 0.0471. The Morgan fingerprint density at radius 1 is 0.973 bits per heavy atom. The van der Waals surface area contributed by atoms with Crippen LogP contribution in [-0.2, 0) is 14.3 Å². The summed E-state index contributed by atoms with van der Waals surface area (Å²) in [6.45, 7) is -0.540. The molecule has 11 heteroatoms. The first-order valence-electron chi connectivity index (χ1n) is 10.8. The summed E-state index contributed by atoms with van der Waals surface area (Å²) in [6, 6.07) is 16.2. The molecule has 4 rings (SSSR count). The highest BCUT2D eigenvalue weighted by atomic mass is 35.5. The Kier molecular flexibility index (Phi) is 7.97. The number of thioether (sulfide) groups is 1. The summed E-state index contributed by atoms with van der Waals surface area (Å²) in [7, 11) is 0. The number of benzene rings is 3. The van der Waals surface area contributed by atoms with Crippen LogP contribution in [0.1, 0.15) is 37.5 Å². The Balaban J connectivity index is 1.41. The van der Waals surface area contributed by atoms with Gasteiger partial charge >= 0.3 is 11.9 Å². The molecular weight excluding hydrogens is 541 g/mol. The number of anilines is 1. The number of ketones is 1. The van der Waals surface area contributed by atoms with Crippen LogP contribution in [0.2, 0.25) is 10.0 Å². The molecule has 0 aliphatic carbocycles. The summed E-state index contributed by atoms with van der Waals surface area (Å²) < 4.78 is 5.07. The van der Waals surface area contributed by atoms with Gasteiger partial charge in [-0.1, -0.05) is 35.3 Å². The van der Waals surface area contributed by atoms with Gasteiger partial charge in [0.2, 0.25) is 17.6 Å². The zero-order chi connectivity index (χ0) is 26.7. The van der Waals surface area contributed by atoms with Crippen molar-refractivity contribution < 1.29 is 33.8 Å². The van der Waals surface area contributed by atoms with Crippen LogP contribution in [0.3, 0.4) is 0 Å². The largest absolute Gasteiger partial charge is 0.478 e. The third-order valence-corrected chi connectivity index (χ3v) is 7.23. The number of carbonyl (C=O) groups excluding carboxylic acids is 4.